The van der Waals surface area contributed by atoms with Gasteiger partial charge in [-0.1, -0.05) is 6.07 Å². The fourth-order valence-corrected chi connectivity index (χ4v) is 4.08. The number of piperidine rings is 1. The minimum absolute atomic E-state index is 0. The maximum atomic E-state index is 13.0. The molecular weight excluding hydrogens is 405 g/mol. The Hall–Kier alpha value is -2.16. The minimum atomic E-state index is -3.88. The summed E-state index contributed by atoms with van der Waals surface area (Å²) >= 11 is 0. The van der Waals surface area contributed by atoms with E-state index >= 15 is 0 Å². The van der Waals surface area contributed by atoms with Crippen LogP contribution in [-0.4, -0.2) is 34.0 Å². The predicted molar refractivity (Wildman–Crippen MR) is 109 cm³/mol. The summed E-state index contributed by atoms with van der Waals surface area (Å²) in [5, 5.41) is 6.16. The van der Waals surface area contributed by atoms with Gasteiger partial charge in [0.25, 0.3) is 15.9 Å². The van der Waals surface area contributed by atoms with E-state index in [1.807, 2.05) is 0 Å². The maximum absolute atomic E-state index is 13.0. The molecule has 152 valence electrons. The van der Waals surface area contributed by atoms with Crippen molar-refractivity contribution in [3.8, 4) is 0 Å². The Balaban J connectivity index is 0.00000280. The highest BCUT2D eigenvalue weighted by Gasteiger charge is 2.18. The van der Waals surface area contributed by atoms with Crippen LogP contribution in [0.4, 0.5) is 10.1 Å². The SMILES string of the molecule is Cl.O=C(NCC1CCCNC1)c1cccc(S(=O)(=O)Nc2ccc(F)cc2)c1. The molecule has 0 aliphatic carbocycles. The lowest BCUT2D eigenvalue weighted by Crippen LogP contribution is -2.38. The molecule has 3 rings (SSSR count). The summed E-state index contributed by atoms with van der Waals surface area (Å²) in [6.45, 7) is 2.43. The number of hydrogen-bond donors (Lipinski definition) is 3. The van der Waals surface area contributed by atoms with Gasteiger partial charge in [0.05, 0.1) is 4.90 Å². The lowest BCUT2D eigenvalue weighted by molar-refractivity contribution is 0.0944. The van der Waals surface area contributed by atoms with Gasteiger partial charge in [-0.25, -0.2) is 12.8 Å². The van der Waals surface area contributed by atoms with Crippen molar-refractivity contribution in [2.45, 2.75) is 17.7 Å². The molecule has 0 bridgehead atoms. The van der Waals surface area contributed by atoms with E-state index in [4.69, 9.17) is 0 Å². The van der Waals surface area contributed by atoms with E-state index in [-0.39, 0.29) is 34.5 Å². The van der Waals surface area contributed by atoms with E-state index < -0.39 is 15.8 Å². The summed E-state index contributed by atoms with van der Waals surface area (Å²) < 4.78 is 40.4. The third-order valence-electron chi connectivity index (χ3n) is 4.45. The molecule has 1 aliphatic heterocycles. The topological polar surface area (TPSA) is 87.3 Å². The second-order valence-corrected chi connectivity index (χ2v) is 8.25. The molecule has 6 nitrogen and oxygen atoms in total. The van der Waals surface area contributed by atoms with Crippen LogP contribution in [0.25, 0.3) is 0 Å². The first-order chi connectivity index (χ1) is 12.9. The van der Waals surface area contributed by atoms with Crippen LogP contribution in [0, 0.1) is 11.7 Å². The monoisotopic (exact) mass is 427 g/mol. The summed E-state index contributed by atoms with van der Waals surface area (Å²) in [6.07, 6.45) is 2.15. The minimum Gasteiger partial charge on any atom is -0.352 e. The quantitative estimate of drug-likeness (QED) is 0.661. The Labute approximate surface area is 170 Å². The highest BCUT2D eigenvalue weighted by molar-refractivity contribution is 7.92. The van der Waals surface area contributed by atoms with Crippen molar-refractivity contribution in [1.29, 1.82) is 0 Å². The standard InChI is InChI=1S/C19H22FN3O3S.ClH/c20-16-6-8-17(9-7-16)23-27(25,26)18-5-1-4-15(11-18)19(24)22-13-14-3-2-10-21-12-14;/h1,4-9,11,14,21,23H,2-3,10,12-13H2,(H,22,24);1H. The number of carbonyl (C=O) groups is 1. The number of halogens is 2. The normalized spacial score (nSPS) is 16.7. The third-order valence-corrected chi connectivity index (χ3v) is 5.83. The average molecular weight is 428 g/mol. The molecule has 1 saturated heterocycles. The molecule has 1 amide bonds. The molecule has 1 aliphatic rings. The molecule has 1 unspecified atom stereocenters. The predicted octanol–water partition coefficient (Wildman–Crippen LogP) is 2.78. The van der Waals surface area contributed by atoms with Crippen molar-refractivity contribution in [3.05, 3.63) is 59.9 Å². The van der Waals surface area contributed by atoms with E-state index in [9.17, 15) is 17.6 Å². The third kappa shape index (κ3) is 5.92. The molecule has 2 aromatic rings. The van der Waals surface area contributed by atoms with Crippen molar-refractivity contribution >= 4 is 34.0 Å². The molecule has 2 aromatic carbocycles. The van der Waals surface area contributed by atoms with Gasteiger partial charge in [-0.15, -0.1) is 12.4 Å². The van der Waals surface area contributed by atoms with Crippen LogP contribution in [0.2, 0.25) is 0 Å². The fraction of sp³-hybridized carbons (Fsp3) is 0.316. The van der Waals surface area contributed by atoms with Crippen LogP contribution in [0.3, 0.4) is 0 Å². The lowest BCUT2D eigenvalue weighted by Gasteiger charge is -2.22. The molecular formula is C19H23ClFN3O3S. The van der Waals surface area contributed by atoms with Crippen LogP contribution in [0.1, 0.15) is 23.2 Å². The summed E-state index contributed by atoms with van der Waals surface area (Å²) in [5.74, 6) is -0.376. The molecule has 0 spiro atoms. The van der Waals surface area contributed by atoms with Gasteiger partial charge >= 0.3 is 0 Å². The molecule has 1 fully saturated rings. The van der Waals surface area contributed by atoms with Crippen LogP contribution in [-0.2, 0) is 10.0 Å². The lowest BCUT2D eigenvalue weighted by atomic mass is 10.00. The number of amides is 1. The largest absolute Gasteiger partial charge is 0.352 e. The van der Waals surface area contributed by atoms with Crippen LogP contribution >= 0.6 is 12.4 Å². The summed E-state index contributed by atoms with van der Waals surface area (Å²) in [7, 11) is -3.88. The highest BCUT2D eigenvalue weighted by Crippen LogP contribution is 2.18. The zero-order valence-electron chi connectivity index (χ0n) is 15.2. The van der Waals surface area contributed by atoms with E-state index in [1.165, 1.54) is 42.5 Å². The van der Waals surface area contributed by atoms with Gasteiger partial charge in [0, 0.05) is 17.8 Å². The molecule has 0 aromatic heterocycles. The van der Waals surface area contributed by atoms with E-state index in [1.54, 1.807) is 6.07 Å². The molecule has 28 heavy (non-hydrogen) atoms. The van der Waals surface area contributed by atoms with Gasteiger partial charge in [-0.05, 0) is 74.3 Å². The molecule has 1 atom stereocenters. The number of anilines is 1. The smallest absolute Gasteiger partial charge is 0.261 e. The van der Waals surface area contributed by atoms with Crippen LogP contribution < -0.4 is 15.4 Å². The first kappa shape index (κ1) is 22.1. The van der Waals surface area contributed by atoms with Crippen molar-refractivity contribution in [3.63, 3.8) is 0 Å². The van der Waals surface area contributed by atoms with Crippen molar-refractivity contribution in [2.75, 3.05) is 24.4 Å². The molecule has 1 heterocycles. The Kier molecular flexibility index (Phi) is 7.79. The zero-order chi connectivity index (χ0) is 19.3. The second kappa shape index (κ2) is 9.86. The number of carbonyl (C=O) groups excluding carboxylic acids is 1. The van der Waals surface area contributed by atoms with Gasteiger partial charge in [0.1, 0.15) is 5.82 Å². The summed E-state index contributed by atoms with van der Waals surface area (Å²) in [6, 6.07) is 10.8. The van der Waals surface area contributed by atoms with E-state index in [0.717, 1.165) is 25.9 Å². The highest BCUT2D eigenvalue weighted by atomic mass is 35.5. The number of hydrogen-bond acceptors (Lipinski definition) is 4. The molecule has 3 N–H and O–H groups in total. The molecule has 9 heteroatoms. The maximum Gasteiger partial charge on any atom is 0.261 e. The van der Waals surface area contributed by atoms with Gasteiger partial charge in [0.2, 0.25) is 0 Å². The Morgan fingerprint density at radius 1 is 1.18 bits per heavy atom. The van der Waals surface area contributed by atoms with E-state index in [0.29, 0.717) is 12.5 Å². The van der Waals surface area contributed by atoms with Gasteiger partial charge in [-0.3, -0.25) is 9.52 Å². The van der Waals surface area contributed by atoms with Crippen molar-refractivity contribution in [2.24, 2.45) is 5.92 Å². The number of rotatable bonds is 6. The van der Waals surface area contributed by atoms with Gasteiger partial charge in [0.15, 0.2) is 0 Å². The average Bonchev–Trinajstić information content (AvgIpc) is 2.68. The van der Waals surface area contributed by atoms with Crippen LogP contribution in [0.5, 0.6) is 0 Å². The second-order valence-electron chi connectivity index (χ2n) is 6.56. The number of benzene rings is 2. The van der Waals surface area contributed by atoms with Gasteiger partial charge < -0.3 is 10.6 Å². The van der Waals surface area contributed by atoms with Crippen LogP contribution in [0.15, 0.2) is 53.4 Å². The summed E-state index contributed by atoms with van der Waals surface area (Å²) in [4.78, 5) is 12.3. The Morgan fingerprint density at radius 3 is 2.61 bits per heavy atom. The van der Waals surface area contributed by atoms with Crippen molar-refractivity contribution < 1.29 is 17.6 Å². The first-order valence-electron chi connectivity index (χ1n) is 8.81. The van der Waals surface area contributed by atoms with Crippen molar-refractivity contribution in [1.82, 2.24) is 10.6 Å². The first-order valence-corrected chi connectivity index (χ1v) is 10.3. The Bertz CT molecular complexity index is 901. The zero-order valence-corrected chi connectivity index (χ0v) is 16.8. The Morgan fingerprint density at radius 2 is 1.93 bits per heavy atom. The van der Waals surface area contributed by atoms with E-state index in [2.05, 4.69) is 15.4 Å². The summed E-state index contributed by atoms with van der Waals surface area (Å²) in [5.41, 5.74) is 0.525. The number of nitrogens with one attached hydrogen (secondary N) is 3. The molecule has 0 radical (unpaired) electrons. The number of sulfonamides is 1. The van der Waals surface area contributed by atoms with Gasteiger partial charge in [-0.2, -0.15) is 0 Å². The molecule has 0 saturated carbocycles. The fourth-order valence-electron chi connectivity index (χ4n) is 2.97.